The third-order valence-electron chi connectivity index (χ3n) is 2.29. The molecule has 0 saturated carbocycles. The lowest BCUT2D eigenvalue weighted by molar-refractivity contribution is 0.102. The van der Waals surface area contributed by atoms with Crippen molar-refractivity contribution in [3.63, 3.8) is 0 Å². The van der Waals surface area contributed by atoms with Gasteiger partial charge in [0, 0.05) is 6.20 Å². The molecule has 1 heterocycles. The van der Waals surface area contributed by atoms with Gasteiger partial charge in [-0.25, -0.2) is 13.8 Å². The molecule has 1 N–H and O–H groups in total. The fourth-order valence-electron chi connectivity index (χ4n) is 1.39. The Balaban J connectivity index is 2.34. The monoisotopic (exact) mass is 286 g/mol. The van der Waals surface area contributed by atoms with Crippen LogP contribution < -0.4 is 5.32 Å². The molecule has 7 heteroatoms. The molecule has 1 aromatic carbocycles. The average Bonchev–Trinajstić information content (AvgIpc) is 2.37. The molecular weight excluding hydrogens is 281 g/mol. The number of nitrogens with one attached hydrogen (secondary N) is 1. The van der Waals surface area contributed by atoms with Crippen LogP contribution in [-0.4, -0.2) is 10.9 Å². The summed E-state index contributed by atoms with van der Waals surface area (Å²) in [5.74, 6) is -4.62. The molecule has 1 amide bonds. The molecule has 0 saturated heterocycles. The molecule has 2 aromatic rings. The van der Waals surface area contributed by atoms with Gasteiger partial charge in [-0.2, -0.15) is 4.39 Å². The SMILES string of the molecule is O=C(Nc1c(F)cccc1Cl)c1ccnc(F)c1F. The van der Waals surface area contributed by atoms with E-state index in [0.29, 0.717) is 0 Å². The summed E-state index contributed by atoms with van der Waals surface area (Å²) in [6, 6.07) is 4.75. The van der Waals surface area contributed by atoms with Crippen LogP contribution in [0.15, 0.2) is 30.5 Å². The van der Waals surface area contributed by atoms with Crippen LogP contribution in [0.3, 0.4) is 0 Å². The second-order valence-corrected chi connectivity index (χ2v) is 3.92. The number of benzene rings is 1. The first-order valence-corrected chi connectivity index (χ1v) is 5.44. The fourth-order valence-corrected chi connectivity index (χ4v) is 1.60. The van der Waals surface area contributed by atoms with Crippen LogP contribution >= 0.6 is 11.6 Å². The Labute approximate surface area is 111 Å². The maximum absolute atomic E-state index is 13.4. The van der Waals surface area contributed by atoms with Gasteiger partial charge in [-0.15, -0.1) is 0 Å². The lowest BCUT2D eigenvalue weighted by Crippen LogP contribution is -2.16. The number of hydrogen-bond acceptors (Lipinski definition) is 2. The Bertz CT molecular complexity index is 629. The van der Waals surface area contributed by atoms with Gasteiger partial charge in [0.15, 0.2) is 5.82 Å². The number of carbonyl (C=O) groups is 1. The molecule has 19 heavy (non-hydrogen) atoms. The highest BCUT2D eigenvalue weighted by Gasteiger charge is 2.18. The van der Waals surface area contributed by atoms with Crippen molar-refractivity contribution in [1.29, 1.82) is 0 Å². The van der Waals surface area contributed by atoms with Gasteiger partial charge in [0.2, 0.25) is 5.95 Å². The van der Waals surface area contributed by atoms with E-state index in [1.165, 1.54) is 12.1 Å². The van der Waals surface area contributed by atoms with Gasteiger partial charge < -0.3 is 5.32 Å². The van der Waals surface area contributed by atoms with E-state index in [4.69, 9.17) is 11.6 Å². The van der Waals surface area contributed by atoms with Gasteiger partial charge >= 0.3 is 0 Å². The first-order valence-electron chi connectivity index (χ1n) is 5.06. The van der Waals surface area contributed by atoms with Crippen molar-refractivity contribution >= 4 is 23.2 Å². The minimum Gasteiger partial charge on any atom is -0.318 e. The number of rotatable bonds is 2. The molecular formula is C12H6ClF3N2O. The third-order valence-corrected chi connectivity index (χ3v) is 2.61. The van der Waals surface area contributed by atoms with Crippen LogP contribution in [0, 0.1) is 17.6 Å². The number of nitrogens with zero attached hydrogens (tertiary/aromatic N) is 1. The van der Waals surface area contributed by atoms with Gasteiger partial charge in [0.25, 0.3) is 5.91 Å². The molecule has 0 bridgehead atoms. The number of halogens is 4. The highest BCUT2D eigenvalue weighted by atomic mass is 35.5. The van der Waals surface area contributed by atoms with Crippen molar-refractivity contribution in [1.82, 2.24) is 4.98 Å². The van der Waals surface area contributed by atoms with Crippen LogP contribution in [0.5, 0.6) is 0 Å². The Hall–Kier alpha value is -2.08. The lowest BCUT2D eigenvalue weighted by Gasteiger charge is -2.08. The van der Waals surface area contributed by atoms with E-state index in [0.717, 1.165) is 18.3 Å². The summed E-state index contributed by atoms with van der Waals surface area (Å²) < 4.78 is 39.6. The Kier molecular flexibility index (Phi) is 3.71. The molecule has 0 aliphatic carbocycles. The van der Waals surface area contributed by atoms with Crippen LogP contribution in [0.25, 0.3) is 0 Å². The largest absolute Gasteiger partial charge is 0.318 e. The van der Waals surface area contributed by atoms with Crippen LogP contribution in [0.1, 0.15) is 10.4 Å². The zero-order valence-electron chi connectivity index (χ0n) is 9.25. The smallest absolute Gasteiger partial charge is 0.258 e. The molecule has 0 aliphatic rings. The summed E-state index contributed by atoms with van der Waals surface area (Å²) in [6.07, 6.45) is 0.927. The summed E-state index contributed by atoms with van der Waals surface area (Å²) in [6.45, 7) is 0. The Morgan fingerprint density at radius 3 is 2.63 bits per heavy atom. The summed E-state index contributed by atoms with van der Waals surface area (Å²) >= 11 is 5.70. The van der Waals surface area contributed by atoms with E-state index in [1.807, 2.05) is 0 Å². The quantitative estimate of drug-likeness (QED) is 0.860. The fraction of sp³-hybridized carbons (Fsp3) is 0. The molecule has 1 aromatic heterocycles. The molecule has 0 aliphatic heterocycles. The first kappa shape index (κ1) is 13.4. The minimum atomic E-state index is -1.41. The zero-order chi connectivity index (χ0) is 14.0. The second kappa shape index (κ2) is 5.27. The van der Waals surface area contributed by atoms with Crippen molar-refractivity contribution in [3.8, 4) is 0 Å². The molecule has 0 atom stereocenters. The lowest BCUT2D eigenvalue weighted by atomic mass is 10.2. The molecule has 0 fully saturated rings. The van der Waals surface area contributed by atoms with Crippen molar-refractivity contribution in [2.24, 2.45) is 0 Å². The number of anilines is 1. The molecule has 98 valence electrons. The van der Waals surface area contributed by atoms with Gasteiger partial charge in [0.1, 0.15) is 5.82 Å². The predicted octanol–water partition coefficient (Wildman–Crippen LogP) is 3.40. The topological polar surface area (TPSA) is 42.0 Å². The molecule has 0 spiro atoms. The summed E-state index contributed by atoms with van der Waals surface area (Å²) in [7, 11) is 0. The number of amides is 1. The second-order valence-electron chi connectivity index (χ2n) is 3.51. The van der Waals surface area contributed by atoms with Crippen molar-refractivity contribution in [2.45, 2.75) is 0 Å². The van der Waals surface area contributed by atoms with E-state index in [-0.39, 0.29) is 10.7 Å². The van der Waals surface area contributed by atoms with E-state index < -0.39 is 29.1 Å². The molecule has 0 radical (unpaired) electrons. The highest BCUT2D eigenvalue weighted by molar-refractivity contribution is 6.34. The van der Waals surface area contributed by atoms with E-state index in [1.54, 1.807) is 0 Å². The van der Waals surface area contributed by atoms with Gasteiger partial charge in [-0.3, -0.25) is 4.79 Å². The van der Waals surface area contributed by atoms with E-state index in [9.17, 15) is 18.0 Å². The van der Waals surface area contributed by atoms with Crippen LogP contribution in [-0.2, 0) is 0 Å². The predicted molar refractivity (Wildman–Crippen MR) is 63.5 cm³/mol. The summed E-state index contributed by atoms with van der Waals surface area (Å²) in [5.41, 5.74) is -0.891. The Morgan fingerprint density at radius 2 is 1.95 bits per heavy atom. The van der Waals surface area contributed by atoms with Crippen molar-refractivity contribution in [2.75, 3.05) is 5.32 Å². The number of pyridine rings is 1. The average molecular weight is 287 g/mol. The van der Waals surface area contributed by atoms with Crippen LogP contribution in [0.4, 0.5) is 18.9 Å². The van der Waals surface area contributed by atoms with Gasteiger partial charge in [-0.05, 0) is 18.2 Å². The normalized spacial score (nSPS) is 10.3. The van der Waals surface area contributed by atoms with E-state index in [2.05, 4.69) is 10.3 Å². The maximum atomic E-state index is 13.4. The molecule has 0 unspecified atom stereocenters. The standard InChI is InChI=1S/C12H6ClF3N2O/c13-7-2-1-3-8(14)10(7)18-12(19)6-4-5-17-11(16)9(6)15/h1-5H,(H,18,19). The minimum absolute atomic E-state index is 0.0525. The maximum Gasteiger partial charge on any atom is 0.258 e. The first-order chi connectivity index (χ1) is 9.00. The van der Waals surface area contributed by atoms with Crippen LogP contribution in [0.2, 0.25) is 5.02 Å². The number of carbonyl (C=O) groups excluding carboxylic acids is 1. The summed E-state index contributed by atoms with van der Waals surface area (Å²) in [4.78, 5) is 14.8. The third kappa shape index (κ3) is 2.68. The number of hydrogen-bond donors (Lipinski definition) is 1. The molecule has 3 nitrogen and oxygen atoms in total. The van der Waals surface area contributed by atoms with Crippen molar-refractivity contribution < 1.29 is 18.0 Å². The Morgan fingerprint density at radius 1 is 1.21 bits per heavy atom. The number of para-hydroxylation sites is 1. The highest BCUT2D eigenvalue weighted by Crippen LogP contribution is 2.25. The summed E-state index contributed by atoms with van der Waals surface area (Å²) in [5, 5.41) is 2.03. The van der Waals surface area contributed by atoms with Gasteiger partial charge in [0.05, 0.1) is 16.3 Å². The van der Waals surface area contributed by atoms with Gasteiger partial charge in [-0.1, -0.05) is 17.7 Å². The zero-order valence-corrected chi connectivity index (χ0v) is 10.0. The molecule has 2 rings (SSSR count). The van der Waals surface area contributed by atoms with E-state index >= 15 is 0 Å². The number of aromatic nitrogens is 1. The van der Waals surface area contributed by atoms with Crippen molar-refractivity contribution in [3.05, 3.63) is 58.6 Å².